The van der Waals surface area contributed by atoms with E-state index in [1.807, 2.05) is 6.20 Å². The molecule has 1 aromatic heterocycles. The lowest BCUT2D eigenvalue weighted by Gasteiger charge is -2.32. The molecule has 0 bridgehead atoms. The summed E-state index contributed by atoms with van der Waals surface area (Å²) >= 11 is 0. The third-order valence-corrected chi connectivity index (χ3v) is 3.18. The number of aryl methyl sites for hydroxylation is 1. The van der Waals surface area contributed by atoms with Gasteiger partial charge in [0, 0.05) is 51.7 Å². The highest BCUT2D eigenvalue weighted by atomic mass is 15.3. The summed E-state index contributed by atoms with van der Waals surface area (Å²) in [6, 6.07) is 0. The van der Waals surface area contributed by atoms with Gasteiger partial charge in [-0.1, -0.05) is 0 Å². The summed E-state index contributed by atoms with van der Waals surface area (Å²) in [5.41, 5.74) is 0. The van der Waals surface area contributed by atoms with Gasteiger partial charge in [-0.3, -0.25) is 4.90 Å². The van der Waals surface area contributed by atoms with Crippen molar-refractivity contribution in [3.63, 3.8) is 0 Å². The SMILES string of the molecule is Cc1nccn1CCN1CCN(C)CC1. The molecule has 1 fully saturated rings. The molecule has 0 amide bonds. The number of nitrogens with zero attached hydrogens (tertiary/aromatic N) is 4. The molecule has 0 spiro atoms. The van der Waals surface area contributed by atoms with Gasteiger partial charge >= 0.3 is 0 Å². The number of imidazole rings is 1. The van der Waals surface area contributed by atoms with Crippen molar-refractivity contribution >= 4 is 0 Å². The first-order chi connectivity index (χ1) is 7.25. The van der Waals surface area contributed by atoms with Crippen molar-refractivity contribution in [1.29, 1.82) is 0 Å². The number of rotatable bonds is 3. The minimum absolute atomic E-state index is 1.07. The molecule has 0 aromatic carbocycles. The van der Waals surface area contributed by atoms with Gasteiger partial charge in [-0.2, -0.15) is 0 Å². The van der Waals surface area contributed by atoms with E-state index in [-0.39, 0.29) is 0 Å². The Hall–Kier alpha value is -0.870. The Morgan fingerprint density at radius 3 is 2.53 bits per heavy atom. The second-order valence-electron chi connectivity index (χ2n) is 4.31. The highest BCUT2D eigenvalue weighted by molar-refractivity contribution is 4.88. The summed E-state index contributed by atoms with van der Waals surface area (Å²) in [7, 11) is 2.19. The minimum Gasteiger partial charge on any atom is -0.334 e. The summed E-state index contributed by atoms with van der Waals surface area (Å²) in [6.07, 6.45) is 3.94. The highest BCUT2D eigenvalue weighted by Crippen LogP contribution is 2.01. The van der Waals surface area contributed by atoms with Crippen LogP contribution in [0.5, 0.6) is 0 Å². The van der Waals surface area contributed by atoms with Crippen molar-refractivity contribution in [2.45, 2.75) is 13.5 Å². The number of aromatic nitrogens is 2. The zero-order valence-corrected chi connectivity index (χ0v) is 9.69. The van der Waals surface area contributed by atoms with Crippen LogP contribution in [0.25, 0.3) is 0 Å². The summed E-state index contributed by atoms with van der Waals surface area (Å²) in [6.45, 7) is 9.06. The van der Waals surface area contributed by atoms with Crippen molar-refractivity contribution in [3.8, 4) is 0 Å². The predicted octanol–water partition coefficient (Wildman–Crippen LogP) is 0.439. The van der Waals surface area contributed by atoms with Crippen molar-refractivity contribution in [2.75, 3.05) is 39.8 Å². The molecule has 0 radical (unpaired) electrons. The molecule has 1 aliphatic rings. The fourth-order valence-electron chi connectivity index (χ4n) is 1.96. The third-order valence-electron chi connectivity index (χ3n) is 3.18. The first-order valence-corrected chi connectivity index (χ1v) is 5.64. The average molecular weight is 208 g/mol. The zero-order valence-electron chi connectivity index (χ0n) is 9.69. The molecule has 1 saturated heterocycles. The number of piperazine rings is 1. The first-order valence-electron chi connectivity index (χ1n) is 5.64. The molecule has 0 aliphatic carbocycles. The van der Waals surface area contributed by atoms with Crippen LogP contribution >= 0.6 is 0 Å². The van der Waals surface area contributed by atoms with Gasteiger partial charge in [0.25, 0.3) is 0 Å². The second kappa shape index (κ2) is 4.77. The van der Waals surface area contributed by atoms with Gasteiger partial charge in [-0.25, -0.2) is 4.98 Å². The Balaban J connectivity index is 1.77. The molecular formula is C11H20N4. The molecule has 0 atom stereocenters. The van der Waals surface area contributed by atoms with Crippen molar-refractivity contribution < 1.29 is 0 Å². The maximum atomic E-state index is 4.23. The molecule has 1 aromatic rings. The van der Waals surface area contributed by atoms with Gasteiger partial charge in [0.05, 0.1) is 0 Å². The summed E-state index contributed by atoms with van der Waals surface area (Å²) in [5, 5.41) is 0. The van der Waals surface area contributed by atoms with Gasteiger partial charge in [-0.05, 0) is 14.0 Å². The summed E-state index contributed by atoms with van der Waals surface area (Å²) in [5.74, 6) is 1.11. The van der Waals surface area contributed by atoms with Gasteiger partial charge in [0.1, 0.15) is 5.82 Å². The Kier molecular flexibility index (Phi) is 3.38. The molecule has 15 heavy (non-hydrogen) atoms. The second-order valence-corrected chi connectivity index (χ2v) is 4.31. The van der Waals surface area contributed by atoms with Crippen LogP contribution in [-0.2, 0) is 6.54 Å². The minimum atomic E-state index is 1.07. The quantitative estimate of drug-likeness (QED) is 0.720. The lowest BCUT2D eigenvalue weighted by Crippen LogP contribution is -2.45. The Morgan fingerprint density at radius 1 is 1.20 bits per heavy atom. The third kappa shape index (κ3) is 2.79. The van der Waals surface area contributed by atoms with Crippen molar-refractivity contribution in [2.24, 2.45) is 0 Å². The molecule has 4 nitrogen and oxygen atoms in total. The van der Waals surface area contributed by atoms with E-state index in [4.69, 9.17) is 0 Å². The van der Waals surface area contributed by atoms with E-state index in [0.29, 0.717) is 0 Å². The largest absolute Gasteiger partial charge is 0.334 e. The smallest absolute Gasteiger partial charge is 0.105 e. The van der Waals surface area contributed by atoms with E-state index >= 15 is 0 Å². The van der Waals surface area contributed by atoms with Gasteiger partial charge in [0.15, 0.2) is 0 Å². The molecule has 0 saturated carbocycles. The topological polar surface area (TPSA) is 24.3 Å². The molecule has 1 aliphatic heterocycles. The van der Waals surface area contributed by atoms with Crippen LogP contribution in [-0.4, -0.2) is 59.1 Å². The highest BCUT2D eigenvalue weighted by Gasteiger charge is 2.13. The van der Waals surface area contributed by atoms with E-state index in [9.17, 15) is 0 Å². The van der Waals surface area contributed by atoms with E-state index in [0.717, 1.165) is 18.9 Å². The number of likely N-dealkylation sites (N-methyl/N-ethyl adjacent to an activating group) is 1. The molecule has 84 valence electrons. The maximum Gasteiger partial charge on any atom is 0.105 e. The van der Waals surface area contributed by atoms with E-state index in [1.165, 1.54) is 26.2 Å². The Bertz CT molecular complexity index is 299. The fraction of sp³-hybridized carbons (Fsp3) is 0.727. The summed E-state index contributed by atoms with van der Waals surface area (Å²) in [4.78, 5) is 9.14. The Labute approximate surface area is 91.5 Å². The van der Waals surface area contributed by atoms with E-state index in [1.54, 1.807) is 0 Å². The lowest BCUT2D eigenvalue weighted by molar-refractivity contribution is 0.150. The molecule has 2 heterocycles. The van der Waals surface area contributed by atoms with Crippen LogP contribution < -0.4 is 0 Å². The lowest BCUT2D eigenvalue weighted by atomic mass is 10.3. The van der Waals surface area contributed by atoms with Crippen molar-refractivity contribution in [3.05, 3.63) is 18.2 Å². The summed E-state index contributed by atoms with van der Waals surface area (Å²) < 4.78 is 2.22. The molecular weight excluding hydrogens is 188 g/mol. The predicted molar refractivity (Wildman–Crippen MR) is 60.9 cm³/mol. The average Bonchev–Trinajstić information content (AvgIpc) is 2.63. The molecule has 0 unspecified atom stereocenters. The zero-order chi connectivity index (χ0) is 10.7. The van der Waals surface area contributed by atoms with Crippen LogP contribution in [0.1, 0.15) is 5.82 Å². The fourth-order valence-corrected chi connectivity index (χ4v) is 1.96. The van der Waals surface area contributed by atoms with Gasteiger partial charge in [-0.15, -0.1) is 0 Å². The normalized spacial score (nSPS) is 19.6. The monoisotopic (exact) mass is 208 g/mol. The van der Waals surface area contributed by atoms with E-state index in [2.05, 4.69) is 39.5 Å². The Morgan fingerprint density at radius 2 is 1.93 bits per heavy atom. The van der Waals surface area contributed by atoms with Crippen LogP contribution in [0.15, 0.2) is 12.4 Å². The van der Waals surface area contributed by atoms with Gasteiger partial charge in [0.2, 0.25) is 0 Å². The maximum absolute atomic E-state index is 4.23. The number of hydrogen-bond donors (Lipinski definition) is 0. The first kappa shape index (κ1) is 10.6. The van der Waals surface area contributed by atoms with E-state index < -0.39 is 0 Å². The van der Waals surface area contributed by atoms with Crippen molar-refractivity contribution in [1.82, 2.24) is 19.4 Å². The molecule has 4 heteroatoms. The van der Waals surface area contributed by atoms with Crippen LogP contribution in [0.3, 0.4) is 0 Å². The van der Waals surface area contributed by atoms with Crippen LogP contribution in [0.4, 0.5) is 0 Å². The van der Waals surface area contributed by atoms with Crippen LogP contribution in [0.2, 0.25) is 0 Å². The number of hydrogen-bond acceptors (Lipinski definition) is 3. The standard InChI is InChI=1S/C11H20N4/c1-11-12-3-4-15(11)10-9-14-7-5-13(2)6-8-14/h3-4H,5-10H2,1-2H3. The molecule has 2 rings (SSSR count). The molecule has 0 N–H and O–H groups in total. The van der Waals surface area contributed by atoms with Gasteiger partial charge < -0.3 is 9.47 Å². The van der Waals surface area contributed by atoms with Crippen LogP contribution in [0, 0.1) is 6.92 Å².